The summed E-state index contributed by atoms with van der Waals surface area (Å²) in [6.45, 7) is 5.63. The highest BCUT2D eigenvalue weighted by Crippen LogP contribution is 2.30. The van der Waals surface area contributed by atoms with Crippen LogP contribution in [0, 0.1) is 5.82 Å². The molecule has 2 rings (SSSR count). The number of hydrogen-bond donors (Lipinski definition) is 1. The van der Waals surface area contributed by atoms with Crippen LogP contribution in [0.3, 0.4) is 0 Å². The van der Waals surface area contributed by atoms with Crippen LogP contribution in [-0.4, -0.2) is 21.5 Å². The normalized spacial score (nSPS) is 12.6. The van der Waals surface area contributed by atoms with E-state index in [0.29, 0.717) is 10.6 Å². The SMILES string of the molecule is CCCNC(c1c(F)cccc1Cl)c1cnnn1CCC. The van der Waals surface area contributed by atoms with Crippen molar-refractivity contribution in [2.45, 2.75) is 39.3 Å². The molecule has 0 aliphatic rings. The number of nitrogens with one attached hydrogen (secondary N) is 1. The van der Waals surface area contributed by atoms with Crippen molar-refractivity contribution in [2.24, 2.45) is 0 Å². The Hall–Kier alpha value is -1.46. The number of benzene rings is 1. The third-order valence-electron chi connectivity index (χ3n) is 3.27. The van der Waals surface area contributed by atoms with E-state index in [4.69, 9.17) is 11.6 Å². The molecule has 1 unspecified atom stereocenters. The minimum atomic E-state index is -0.347. The van der Waals surface area contributed by atoms with Crippen molar-refractivity contribution < 1.29 is 4.39 Å². The predicted octanol–water partition coefficient (Wildman–Crippen LogP) is 3.57. The minimum absolute atomic E-state index is 0.319. The zero-order valence-electron chi connectivity index (χ0n) is 12.3. The Bertz CT molecular complexity index is 565. The molecule has 1 aromatic heterocycles. The lowest BCUT2D eigenvalue weighted by atomic mass is 10.0. The summed E-state index contributed by atoms with van der Waals surface area (Å²) in [6.07, 6.45) is 3.55. The molecule has 1 heterocycles. The van der Waals surface area contributed by atoms with E-state index in [0.717, 1.165) is 31.6 Å². The topological polar surface area (TPSA) is 42.7 Å². The van der Waals surface area contributed by atoms with Gasteiger partial charge >= 0.3 is 0 Å². The summed E-state index contributed by atoms with van der Waals surface area (Å²) >= 11 is 6.22. The van der Waals surface area contributed by atoms with Crippen LogP contribution in [0.25, 0.3) is 0 Å². The fraction of sp³-hybridized carbons (Fsp3) is 0.467. The predicted molar refractivity (Wildman–Crippen MR) is 81.9 cm³/mol. The van der Waals surface area contributed by atoms with Crippen molar-refractivity contribution in [1.82, 2.24) is 20.3 Å². The van der Waals surface area contributed by atoms with Crippen molar-refractivity contribution in [3.05, 3.63) is 46.5 Å². The molecule has 0 saturated carbocycles. The number of halogens is 2. The first-order valence-electron chi connectivity index (χ1n) is 7.24. The molecule has 1 N–H and O–H groups in total. The van der Waals surface area contributed by atoms with E-state index in [-0.39, 0.29) is 11.9 Å². The number of aryl methyl sites for hydroxylation is 1. The molecule has 0 fully saturated rings. The molecule has 0 amide bonds. The molecule has 0 radical (unpaired) electrons. The lowest BCUT2D eigenvalue weighted by Crippen LogP contribution is -2.27. The molecule has 0 aliphatic carbocycles. The average Bonchev–Trinajstić information content (AvgIpc) is 2.90. The first-order valence-corrected chi connectivity index (χ1v) is 7.62. The smallest absolute Gasteiger partial charge is 0.129 e. The summed E-state index contributed by atoms with van der Waals surface area (Å²) in [6, 6.07) is 4.39. The third-order valence-corrected chi connectivity index (χ3v) is 3.60. The highest BCUT2D eigenvalue weighted by Gasteiger charge is 2.24. The van der Waals surface area contributed by atoms with Gasteiger partial charge in [0.15, 0.2) is 0 Å². The third kappa shape index (κ3) is 3.60. The standard InChI is InChI=1S/C15H20ClFN4/c1-3-8-18-15(13-10-19-20-21(13)9-4-2)14-11(16)6-5-7-12(14)17/h5-7,10,15,18H,3-4,8-9H2,1-2H3. The van der Waals surface area contributed by atoms with Gasteiger partial charge in [-0.3, -0.25) is 0 Å². The largest absolute Gasteiger partial charge is 0.305 e. The fourth-order valence-corrected chi connectivity index (χ4v) is 2.58. The van der Waals surface area contributed by atoms with E-state index in [9.17, 15) is 4.39 Å². The maximum absolute atomic E-state index is 14.3. The Kier molecular flexibility index (Phi) is 5.70. The average molecular weight is 311 g/mol. The first kappa shape index (κ1) is 15.9. The van der Waals surface area contributed by atoms with Crippen LogP contribution in [0.1, 0.15) is 44.0 Å². The molecular formula is C15H20ClFN4. The lowest BCUT2D eigenvalue weighted by Gasteiger charge is -2.21. The Labute approximate surface area is 129 Å². The number of hydrogen-bond acceptors (Lipinski definition) is 3. The molecule has 21 heavy (non-hydrogen) atoms. The van der Waals surface area contributed by atoms with E-state index >= 15 is 0 Å². The van der Waals surface area contributed by atoms with Gasteiger partial charge in [-0.05, 0) is 31.5 Å². The first-order chi connectivity index (χ1) is 10.2. The molecule has 0 saturated heterocycles. The second-order valence-electron chi connectivity index (χ2n) is 4.90. The molecule has 1 atom stereocenters. The van der Waals surface area contributed by atoms with Gasteiger partial charge in [0.1, 0.15) is 5.82 Å². The molecule has 4 nitrogen and oxygen atoms in total. The monoisotopic (exact) mass is 310 g/mol. The lowest BCUT2D eigenvalue weighted by molar-refractivity contribution is 0.489. The second-order valence-corrected chi connectivity index (χ2v) is 5.31. The van der Waals surface area contributed by atoms with E-state index in [1.165, 1.54) is 6.07 Å². The number of nitrogens with zero attached hydrogens (tertiary/aromatic N) is 3. The van der Waals surface area contributed by atoms with Crippen LogP contribution in [0.5, 0.6) is 0 Å². The van der Waals surface area contributed by atoms with Gasteiger partial charge in [0.2, 0.25) is 0 Å². The summed E-state index contributed by atoms with van der Waals surface area (Å²) in [5.41, 5.74) is 1.28. The van der Waals surface area contributed by atoms with Crippen molar-refractivity contribution in [2.75, 3.05) is 6.54 Å². The molecule has 1 aromatic carbocycles. The van der Waals surface area contributed by atoms with Gasteiger partial charge in [-0.15, -0.1) is 5.10 Å². The van der Waals surface area contributed by atoms with Crippen LogP contribution in [0.4, 0.5) is 4.39 Å². The minimum Gasteiger partial charge on any atom is -0.305 e. The molecule has 0 spiro atoms. The van der Waals surface area contributed by atoms with Crippen molar-refractivity contribution >= 4 is 11.6 Å². The summed E-state index contributed by atoms with van der Waals surface area (Å²) in [7, 11) is 0. The van der Waals surface area contributed by atoms with Crippen LogP contribution < -0.4 is 5.32 Å². The van der Waals surface area contributed by atoms with Crippen LogP contribution in [0.15, 0.2) is 24.4 Å². The van der Waals surface area contributed by atoms with Crippen LogP contribution in [0.2, 0.25) is 5.02 Å². The summed E-state index contributed by atoms with van der Waals surface area (Å²) < 4.78 is 16.1. The second kappa shape index (κ2) is 7.52. The quantitative estimate of drug-likeness (QED) is 0.850. The van der Waals surface area contributed by atoms with Gasteiger partial charge < -0.3 is 5.32 Å². The van der Waals surface area contributed by atoms with E-state index < -0.39 is 0 Å². The highest BCUT2D eigenvalue weighted by atomic mass is 35.5. The fourth-order valence-electron chi connectivity index (χ4n) is 2.30. The van der Waals surface area contributed by atoms with E-state index in [2.05, 4.69) is 29.5 Å². The van der Waals surface area contributed by atoms with Crippen LogP contribution >= 0.6 is 11.6 Å². The zero-order valence-corrected chi connectivity index (χ0v) is 13.1. The van der Waals surface area contributed by atoms with Gasteiger partial charge in [0.05, 0.1) is 17.9 Å². The summed E-state index contributed by atoms with van der Waals surface area (Å²) in [4.78, 5) is 0. The number of rotatable bonds is 7. The molecule has 0 bridgehead atoms. The van der Waals surface area contributed by atoms with Gasteiger partial charge in [-0.2, -0.15) is 0 Å². The number of aromatic nitrogens is 3. The Morgan fingerprint density at radius 1 is 1.33 bits per heavy atom. The summed E-state index contributed by atoms with van der Waals surface area (Å²) in [5, 5.41) is 11.8. The maximum atomic E-state index is 14.3. The van der Waals surface area contributed by atoms with E-state index in [1.54, 1.807) is 23.0 Å². The van der Waals surface area contributed by atoms with Gasteiger partial charge in [-0.1, -0.05) is 36.7 Å². The Morgan fingerprint density at radius 2 is 2.14 bits per heavy atom. The van der Waals surface area contributed by atoms with Crippen molar-refractivity contribution in [1.29, 1.82) is 0 Å². The van der Waals surface area contributed by atoms with Crippen LogP contribution in [-0.2, 0) is 6.54 Å². The molecule has 2 aromatic rings. The zero-order chi connectivity index (χ0) is 15.2. The molecular weight excluding hydrogens is 291 g/mol. The van der Waals surface area contributed by atoms with Gasteiger partial charge in [0.25, 0.3) is 0 Å². The summed E-state index contributed by atoms with van der Waals surface area (Å²) in [5.74, 6) is -0.319. The Morgan fingerprint density at radius 3 is 2.81 bits per heavy atom. The van der Waals surface area contributed by atoms with E-state index in [1.807, 2.05) is 0 Å². The molecule has 114 valence electrons. The van der Waals surface area contributed by atoms with Crippen molar-refractivity contribution in [3.8, 4) is 0 Å². The highest BCUT2D eigenvalue weighted by molar-refractivity contribution is 6.31. The van der Waals surface area contributed by atoms with Gasteiger partial charge in [0, 0.05) is 17.1 Å². The Balaban J connectivity index is 2.45. The van der Waals surface area contributed by atoms with Crippen molar-refractivity contribution in [3.63, 3.8) is 0 Å². The maximum Gasteiger partial charge on any atom is 0.129 e. The van der Waals surface area contributed by atoms with Gasteiger partial charge in [-0.25, -0.2) is 9.07 Å². The molecule has 6 heteroatoms. The molecule has 0 aliphatic heterocycles.